The number of ketones is 1. The molecule has 1 aromatic rings. The molecule has 2 rings (SSSR count). The van der Waals surface area contributed by atoms with Crippen molar-refractivity contribution in [3.63, 3.8) is 0 Å². The highest BCUT2D eigenvalue weighted by molar-refractivity contribution is 6.52. The number of aromatic hydroxyl groups is 1. The Kier molecular flexibility index (Phi) is 4.78. The van der Waals surface area contributed by atoms with E-state index in [0.29, 0.717) is 10.7 Å². The van der Waals surface area contributed by atoms with Crippen molar-refractivity contribution in [2.75, 3.05) is 0 Å². The fourth-order valence-corrected chi connectivity index (χ4v) is 2.58. The lowest BCUT2D eigenvalue weighted by Crippen LogP contribution is -2.17. The third-order valence-electron chi connectivity index (χ3n) is 3.93. The van der Waals surface area contributed by atoms with E-state index in [-0.39, 0.29) is 28.1 Å². The molecule has 0 fully saturated rings. The molecular formula is C20H24ClNO2. The van der Waals surface area contributed by atoms with Gasteiger partial charge in [-0.2, -0.15) is 0 Å². The van der Waals surface area contributed by atoms with Crippen molar-refractivity contribution >= 4 is 28.8 Å². The van der Waals surface area contributed by atoms with Crippen LogP contribution >= 0.6 is 11.6 Å². The maximum atomic E-state index is 12.0. The van der Waals surface area contributed by atoms with Gasteiger partial charge < -0.3 is 5.11 Å². The molecule has 1 aliphatic rings. The van der Waals surface area contributed by atoms with Gasteiger partial charge in [0, 0.05) is 10.6 Å². The van der Waals surface area contributed by atoms with Crippen molar-refractivity contribution in [3.05, 3.63) is 46.5 Å². The summed E-state index contributed by atoms with van der Waals surface area (Å²) in [6.45, 7) is 12.4. The van der Waals surface area contributed by atoms with E-state index in [1.807, 2.05) is 32.9 Å². The molecule has 128 valence electrons. The van der Waals surface area contributed by atoms with Gasteiger partial charge in [0.15, 0.2) is 0 Å². The molecule has 0 atom stereocenters. The van der Waals surface area contributed by atoms with Gasteiger partial charge in [-0.1, -0.05) is 59.2 Å². The fraction of sp³-hybridized carbons (Fsp3) is 0.400. The highest BCUT2D eigenvalue weighted by Crippen LogP contribution is 2.41. The van der Waals surface area contributed by atoms with Gasteiger partial charge in [0.1, 0.15) is 17.1 Å². The number of phenols is 1. The Hall–Kier alpha value is -1.87. The second-order valence-corrected chi connectivity index (χ2v) is 8.55. The zero-order valence-electron chi connectivity index (χ0n) is 15.1. The highest BCUT2D eigenvalue weighted by Gasteiger charge is 2.25. The number of benzene rings is 1. The summed E-state index contributed by atoms with van der Waals surface area (Å²) in [7, 11) is 0. The Labute approximate surface area is 148 Å². The largest absolute Gasteiger partial charge is 0.505 e. The van der Waals surface area contributed by atoms with Crippen LogP contribution in [-0.2, 0) is 15.6 Å². The van der Waals surface area contributed by atoms with Gasteiger partial charge in [-0.3, -0.25) is 4.79 Å². The Balaban J connectivity index is 2.70. The van der Waals surface area contributed by atoms with Crippen LogP contribution in [0.4, 0.5) is 5.69 Å². The molecule has 0 radical (unpaired) electrons. The normalized spacial score (nSPS) is 17.4. The molecule has 1 N–H and O–H groups in total. The van der Waals surface area contributed by atoms with Gasteiger partial charge in [-0.15, -0.1) is 0 Å². The molecule has 0 aliphatic heterocycles. The van der Waals surface area contributed by atoms with Gasteiger partial charge in [0.2, 0.25) is 5.78 Å². The minimum absolute atomic E-state index is 0.105. The first-order valence-electron chi connectivity index (χ1n) is 7.96. The Morgan fingerprint density at radius 3 is 2.17 bits per heavy atom. The Morgan fingerprint density at radius 2 is 1.62 bits per heavy atom. The molecular weight excluding hydrogens is 322 g/mol. The van der Waals surface area contributed by atoms with Crippen LogP contribution < -0.4 is 0 Å². The lowest BCUT2D eigenvalue weighted by molar-refractivity contribution is -0.108. The minimum atomic E-state index is -0.246. The highest BCUT2D eigenvalue weighted by atomic mass is 35.5. The number of rotatable bonds is 1. The third kappa shape index (κ3) is 3.96. The van der Waals surface area contributed by atoms with Crippen molar-refractivity contribution in [2.24, 2.45) is 4.99 Å². The lowest BCUT2D eigenvalue weighted by atomic mass is 9.79. The molecule has 0 spiro atoms. The quantitative estimate of drug-likeness (QED) is 0.700. The van der Waals surface area contributed by atoms with E-state index in [1.54, 1.807) is 0 Å². The van der Waals surface area contributed by atoms with Crippen LogP contribution in [0.25, 0.3) is 0 Å². The third-order valence-corrected chi connectivity index (χ3v) is 4.16. The molecule has 1 aromatic carbocycles. The summed E-state index contributed by atoms with van der Waals surface area (Å²) in [4.78, 5) is 16.4. The van der Waals surface area contributed by atoms with Gasteiger partial charge in [-0.25, -0.2) is 4.99 Å². The maximum absolute atomic E-state index is 12.0. The van der Waals surface area contributed by atoms with E-state index in [9.17, 15) is 9.90 Å². The second kappa shape index (κ2) is 6.21. The summed E-state index contributed by atoms with van der Waals surface area (Å²) < 4.78 is 0. The molecule has 0 aromatic heterocycles. The number of halogens is 1. The molecule has 0 bridgehead atoms. The average molecular weight is 346 g/mol. The maximum Gasteiger partial charge on any atom is 0.204 e. The number of carbonyl (C=O) groups excluding carboxylic acids is 1. The predicted octanol–water partition coefficient (Wildman–Crippen LogP) is 5.32. The van der Waals surface area contributed by atoms with Gasteiger partial charge in [0.05, 0.1) is 0 Å². The lowest BCUT2D eigenvalue weighted by Gasteiger charge is -2.26. The number of hydrogen-bond donors (Lipinski definition) is 1. The topological polar surface area (TPSA) is 49.7 Å². The van der Waals surface area contributed by atoms with E-state index in [2.05, 4.69) is 25.8 Å². The molecule has 0 saturated carbocycles. The molecule has 0 unspecified atom stereocenters. The van der Waals surface area contributed by atoms with Crippen LogP contribution in [0.2, 0.25) is 0 Å². The zero-order chi connectivity index (χ0) is 18.3. The summed E-state index contributed by atoms with van der Waals surface area (Å²) in [5.41, 5.74) is 2.13. The summed E-state index contributed by atoms with van der Waals surface area (Å²) in [6.07, 6.45) is 4.44. The van der Waals surface area contributed by atoms with Crippen LogP contribution in [0.15, 0.2) is 40.4 Å². The second-order valence-electron chi connectivity index (χ2n) is 8.12. The summed E-state index contributed by atoms with van der Waals surface area (Å²) in [5, 5.41) is 11.1. The first kappa shape index (κ1) is 18.5. The molecule has 1 aliphatic carbocycles. The Bertz CT molecular complexity index is 772. The van der Waals surface area contributed by atoms with Crippen LogP contribution in [0.5, 0.6) is 5.75 Å². The smallest absolute Gasteiger partial charge is 0.204 e. The molecule has 3 nitrogen and oxygen atoms in total. The average Bonchev–Trinajstić information content (AvgIpc) is 2.42. The van der Waals surface area contributed by atoms with Crippen molar-refractivity contribution in [1.29, 1.82) is 0 Å². The number of aliphatic imine (C=N–C) groups is 1. The zero-order valence-corrected chi connectivity index (χ0v) is 15.8. The molecule has 4 heteroatoms. The molecule has 0 amide bonds. The van der Waals surface area contributed by atoms with Gasteiger partial charge in [0.25, 0.3) is 0 Å². The van der Waals surface area contributed by atoms with E-state index in [1.165, 1.54) is 18.2 Å². The van der Waals surface area contributed by atoms with Crippen LogP contribution in [0.3, 0.4) is 0 Å². The van der Waals surface area contributed by atoms with Crippen LogP contribution in [0.1, 0.15) is 52.7 Å². The van der Waals surface area contributed by atoms with Crippen LogP contribution in [-0.4, -0.2) is 16.6 Å². The summed E-state index contributed by atoms with van der Waals surface area (Å²) in [5.74, 6) is -0.118. The number of carbonyl (C=O) groups is 1. The van der Waals surface area contributed by atoms with E-state index < -0.39 is 0 Å². The van der Waals surface area contributed by atoms with Gasteiger partial charge >= 0.3 is 0 Å². The monoisotopic (exact) mass is 345 g/mol. The Morgan fingerprint density at radius 1 is 1.00 bits per heavy atom. The van der Waals surface area contributed by atoms with Crippen LogP contribution in [0, 0.1) is 0 Å². The van der Waals surface area contributed by atoms with E-state index in [4.69, 9.17) is 11.6 Å². The van der Waals surface area contributed by atoms with Gasteiger partial charge in [-0.05, 0) is 40.7 Å². The minimum Gasteiger partial charge on any atom is -0.505 e. The molecule has 0 saturated heterocycles. The summed E-state index contributed by atoms with van der Waals surface area (Å²) >= 11 is 5.97. The molecule has 24 heavy (non-hydrogen) atoms. The number of allylic oxidation sites excluding steroid dienone is 4. The van der Waals surface area contributed by atoms with E-state index in [0.717, 1.165) is 11.1 Å². The van der Waals surface area contributed by atoms with E-state index >= 15 is 0 Å². The first-order valence-corrected chi connectivity index (χ1v) is 8.33. The SMILES string of the molecule is CC(C)(C)c1cc(N=C2C=C(Cl)C=CC2=O)c(O)c(C(C)(C)C)c1. The van der Waals surface area contributed by atoms with Crippen molar-refractivity contribution < 1.29 is 9.90 Å². The summed E-state index contributed by atoms with van der Waals surface area (Å²) in [6, 6.07) is 3.86. The fourth-order valence-electron chi connectivity index (χ4n) is 2.42. The standard InChI is InChI=1S/C20H24ClNO2/c1-19(2,3)12-9-14(20(4,5)6)18(24)16(10-12)22-15-11-13(21)7-8-17(15)23/h7-11,24H,1-6H3. The van der Waals surface area contributed by atoms with Crippen molar-refractivity contribution in [2.45, 2.75) is 52.4 Å². The van der Waals surface area contributed by atoms with Crippen molar-refractivity contribution in [1.82, 2.24) is 0 Å². The predicted molar refractivity (Wildman–Crippen MR) is 101 cm³/mol. The molecule has 0 heterocycles. The number of hydrogen-bond acceptors (Lipinski definition) is 3. The van der Waals surface area contributed by atoms with Crippen molar-refractivity contribution in [3.8, 4) is 5.75 Å². The number of nitrogens with zero attached hydrogens (tertiary/aromatic N) is 1. The number of phenolic OH excluding ortho intramolecular Hbond substituents is 1. The first-order chi connectivity index (χ1) is 10.9.